The third-order valence-corrected chi connectivity index (χ3v) is 3.54. The van der Waals surface area contributed by atoms with Crippen LogP contribution in [0.5, 0.6) is 5.75 Å². The van der Waals surface area contributed by atoms with E-state index in [1.807, 2.05) is 61.5 Å². The molecule has 5 nitrogen and oxygen atoms in total. The van der Waals surface area contributed by atoms with Gasteiger partial charge in [-0.2, -0.15) is 5.10 Å². The lowest BCUT2D eigenvalue weighted by atomic mass is 10.2. The predicted octanol–water partition coefficient (Wildman–Crippen LogP) is 2.99. The molecule has 0 aliphatic carbocycles. The molecule has 0 radical (unpaired) electrons. The molecule has 3 rings (SSSR count). The zero-order chi connectivity index (χ0) is 16.8. The summed E-state index contributed by atoms with van der Waals surface area (Å²) in [6, 6.07) is 17.5. The summed E-state index contributed by atoms with van der Waals surface area (Å²) in [5.41, 5.74) is 2.62. The van der Waals surface area contributed by atoms with Crippen LogP contribution in [0.25, 0.3) is 5.69 Å². The fourth-order valence-electron chi connectivity index (χ4n) is 2.23. The molecule has 1 N–H and O–H groups in total. The molecule has 0 aliphatic heterocycles. The summed E-state index contributed by atoms with van der Waals surface area (Å²) < 4.78 is 7.26. The van der Waals surface area contributed by atoms with E-state index < -0.39 is 0 Å². The molecule has 1 aromatic heterocycles. The topological polar surface area (TPSA) is 56.1 Å². The molecule has 2 aromatic carbocycles. The number of nitrogens with one attached hydrogen (secondary N) is 1. The molecule has 0 saturated heterocycles. The van der Waals surface area contributed by atoms with Gasteiger partial charge in [0, 0.05) is 6.20 Å². The van der Waals surface area contributed by atoms with Gasteiger partial charge in [0.2, 0.25) is 0 Å². The van der Waals surface area contributed by atoms with E-state index in [0.717, 1.165) is 11.4 Å². The largest absolute Gasteiger partial charge is 0.492 e. The number of ether oxygens (including phenoxy) is 1. The Morgan fingerprint density at radius 1 is 1.12 bits per heavy atom. The van der Waals surface area contributed by atoms with Gasteiger partial charge in [-0.3, -0.25) is 4.79 Å². The van der Waals surface area contributed by atoms with Crippen LogP contribution in [-0.4, -0.2) is 28.8 Å². The Morgan fingerprint density at radius 3 is 2.62 bits per heavy atom. The molecule has 0 bridgehead atoms. The van der Waals surface area contributed by atoms with Gasteiger partial charge < -0.3 is 10.1 Å². The normalized spacial score (nSPS) is 10.4. The summed E-state index contributed by atoms with van der Waals surface area (Å²) >= 11 is 0. The van der Waals surface area contributed by atoms with Crippen LogP contribution >= 0.6 is 0 Å². The second kappa shape index (κ2) is 7.46. The van der Waals surface area contributed by atoms with Crippen molar-refractivity contribution in [2.45, 2.75) is 6.92 Å². The summed E-state index contributed by atoms with van der Waals surface area (Å²) in [4.78, 5) is 12.1. The van der Waals surface area contributed by atoms with Gasteiger partial charge in [-0.05, 0) is 31.2 Å². The molecule has 0 saturated carbocycles. The van der Waals surface area contributed by atoms with Crippen molar-refractivity contribution in [3.05, 3.63) is 78.1 Å². The standard InChI is InChI=1S/C19H19N3O2/c1-15-7-9-18(10-8-15)24-12-11-20-19(23)16-13-21-22(14-16)17-5-3-2-4-6-17/h2-10,13-14H,11-12H2,1H3,(H,20,23). The van der Waals surface area contributed by atoms with Crippen LogP contribution in [-0.2, 0) is 0 Å². The second-order valence-electron chi connectivity index (χ2n) is 5.43. The van der Waals surface area contributed by atoms with Crippen molar-refractivity contribution < 1.29 is 9.53 Å². The van der Waals surface area contributed by atoms with Crippen LogP contribution in [0.1, 0.15) is 15.9 Å². The summed E-state index contributed by atoms with van der Waals surface area (Å²) in [5, 5.41) is 7.04. The van der Waals surface area contributed by atoms with Gasteiger partial charge in [-0.25, -0.2) is 4.68 Å². The third-order valence-electron chi connectivity index (χ3n) is 3.54. The molecule has 3 aromatic rings. The van der Waals surface area contributed by atoms with E-state index in [0.29, 0.717) is 18.7 Å². The Bertz CT molecular complexity index is 795. The Balaban J connectivity index is 1.49. The Hall–Kier alpha value is -3.08. The first-order valence-corrected chi connectivity index (χ1v) is 7.80. The number of carbonyl (C=O) groups excluding carboxylic acids is 1. The lowest BCUT2D eigenvalue weighted by Gasteiger charge is -2.07. The monoisotopic (exact) mass is 321 g/mol. The lowest BCUT2D eigenvalue weighted by molar-refractivity contribution is 0.0947. The van der Waals surface area contributed by atoms with Crippen LogP contribution < -0.4 is 10.1 Å². The van der Waals surface area contributed by atoms with Crippen LogP contribution in [0, 0.1) is 6.92 Å². The minimum absolute atomic E-state index is 0.162. The molecule has 122 valence electrons. The van der Waals surface area contributed by atoms with E-state index in [9.17, 15) is 4.79 Å². The highest BCUT2D eigenvalue weighted by molar-refractivity contribution is 5.93. The van der Waals surface area contributed by atoms with Crippen LogP contribution in [0.4, 0.5) is 0 Å². The van der Waals surface area contributed by atoms with Crippen LogP contribution in [0.15, 0.2) is 67.0 Å². The number of hydrogen-bond acceptors (Lipinski definition) is 3. The van der Waals surface area contributed by atoms with Crippen molar-refractivity contribution in [2.24, 2.45) is 0 Å². The molecule has 1 amide bonds. The number of benzene rings is 2. The molecule has 0 spiro atoms. The van der Waals surface area contributed by atoms with Gasteiger partial charge >= 0.3 is 0 Å². The summed E-state index contributed by atoms with van der Waals surface area (Å²) in [5.74, 6) is 0.636. The number of carbonyl (C=O) groups is 1. The van der Waals surface area contributed by atoms with Crippen LogP contribution in [0.2, 0.25) is 0 Å². The van der Waals surface area contributed by atoms with Gasteiger partial charge in [-0.1, -0.05) is 35.9 Å². The first-order valence-electron chi connectivity index (χ1n) is 7.80. The fourth-order valence-corrected chi connectivity index (χ4v) is 2.23. The number of hydrogen-bond donors (Lipinski definition) is 1. The molecule has 1 heterocycles. The first-order chi connectivity index (χ1) is 11.7. The molecule has 24 heavy (non-hydrogen) atoms. The van der Waals surface area contributed by atoms with E-state index in [4.69, 9.17) is 4.74 Å². The maximum Gasteiger partial charge on any atom is 0.254 e. The molecule has 0 unspecified atom stereocenters. The maximum absolute atomic E-state index is 12.1. The van der Waals surface area contributed by atoms with Gasteiger partial charge in [0.15, 0.2) is 0 Å². The lowest BCUT2D eigenvalue weighted by Crippen LogP contribution is -2.27. The number of rotatable bonds is 6. The number of para-hydroxylation sites is 1. The Morgan fingerprint density at radius 2 is 1.88 bits per heavy atom. The van der Waals surface area contributed by atoms with Gasteiger partial charge in [0.05, 0.1) is 24.0 Å². The number of nitrogens with zero attached hydrogens (tertiary/aromatic N) is 2. The molecular formula is C19H19N3O2. The number of amides is 1. The van der Waals surface area contributed by atoms with Crippen molar-refractivity contribution in [2.75, 3.05) is 13.2 Å². The number of aromatic nitrogens is 2. The van der Waals surface area contributed by atoms with Crippen molar-refractivity contribution in [1.29, 1.82) is 0 Å². The van der Waals surface area contributed by atoms with Crippen molar-refractivity contribution in [3.63, 3.8) is 0 Å². The first kappa shape index (κ1) is 15.8. The van der Waals surface area contributed by atoms with E-state index in [2.05, 4.69) is 10.4 Å². The maximum atomic E-state index is 12.1. The summed E-state index contributed by atoms with van der Waals surface area (Å²) in [6.45, 7) is 2.88. The van der Waals surface area contributed by atoms with Crippen molar-refractivity contribution in [3.8, 4) is 11.4 Å². The second-order valence-corrected chi connectivity index (χ2v) is 5.43. The molecule has 0 atom stereocenters. The average molecular weight is 321 g/mol. The smallest absolute Gasteiger partial charge is 0.254 e. The molecule has 0 fully saturated rings. The SMILES string of the molecule is Cc1ccc(OCCNC(=O)c2cnn(-c3ccccc3)c2)cc1. The minimum Gasteiger partial charge on any atom is -0.492 e. The number of aryl methyl sites for hydroxylation is 1. The van der Waals surface area contributed by atoms with E-state index >= 15 is 0 Å². The van der Waals surface area contributed by atoms with Gasteiger partial charge in [0.25, 0.3) is 5.91 Å². The molecule has 0 aliphatic rings. The highest BCUT2D eigenvalue weighted by Gasteiger charge is 2.08. The Kier molecular flexibility index (Phi) is 4.91. The van der Waals surface area contributed by atoms with Crippen molar-refractivity contribution in [1.82, 2.24) is 15.1 Å². The van der Waals surface area contributed by atoms with E-state index in [1.54, 1.807) is 17.1 Å². The molecule has 5 heteroatoms. The average Bonchev–Trinajstić information content (AvgIpc) is 3.11. The van der Waals surface area contributed by atoms with Crippen LogP contribution in [0.3, 0.4) is 0 Å². The zero-order valence-corrected chi connectivity index (χ0v) is 13.5. The fraction of sp³-hybridized carbons (Fsp3) is 0.158. The van der Waals surface area contributed by atoms with Gasteiger partial charge in [-0.15, -0.1) is 0 Å². The van der Waals surface area contributed by atoms with E-state index in [-0.39, 0.29) is 5.91 Å². The van der Waals surface area contributed by atoms with Crippen molar-refractivity contribution >= 4 is 5.91 Å². The predicted molar refractivity (Wildman–Crippen MR) is 92.6 cm³/mol. The summed E-state index contributed by atoms with van der Waals surface area (Å²) in [7, 11) is 0. The minimum atomic E-state index is -0.162. The quantitative estimate of drug-likeness (QED) is 0.710. The summed E-state index contributed by atoms with van der Waals surface area (Å²) in [6.07, 6.45) is 3.27. The highest BCUT2D eigenvalue weighted by atomic mass is 16.5. The van der Waals surface area contributed by atoms with Gasteiger partial charge in [0.1, 0.15) is 12.4 Å². The molecular weight excluding hydrogens is 302 g/mol. The zero-order valence-electron chi connectivity index (χ0n) is 13.5. The highest BCUT2D eigenvalue weighted by Crippen LogP contribution is 2.11. The third kappa shape index (κ3) is 4.01. The Labute approximate surface area is 140 Å². The van der Waals surface area contributed by atoms with E-state index in [1.165, 1.54) is 5.56 Å².